The normalized spacial score (nSPS) is 11.1. The molecule has 0 atom stereocenters. The maximum absolute atomic E-state index is 12.1. The van der Waals surface area contributed by atoms with Gasteiger partial charge < -0.3 is 4.74 Å². The van der Waals surface area contributed by atoms with E-state index in [4.69, 9.17) is 4.74 Å². The molecule has 0 aromatic heterocycles. The highest BCUT2D eigenvalue weighted by Gasteiger charge is 2.11. The molecule has 1 amide bonds. The second-order valence-electron chi connectivity index (χ2n) is 6.40. The molecule has 1 N–H and O–H groups in total. The highest BCUT2D eigenvalue weighted by molar-refractivity contribution is 5.95. The highest BCUT2D eigenvalue weighted by Crippen LogP contribution is 2.29. The van der Waals surface area contributed by atoms with Crippen molar-refractivity contribution < 1.29 is 9.53 Å². The minimum Gasteiger partial charge on any atom is -0.494 e. The molecule has 0 saturated carbocycles. The van der Waals surface area contributed by atoms with E-state index in [1.807, 2.05) is 39.0 Å². The first kappa shape index (κ1) is 18.7. The van der Waals surface area contributed by atoms with Crippen molar-refractivity contribution >= 4 is 12.1 Å². The van der Waals surface area contributed by atoms with Gasteiger partial charge in [-0.25, -0.2) is 5.43 Å². The lowest BCUT2D eigenvalue weighted by atomic mass is 9.97. The summed E-state index contributed by atoms with van der Waals surface area (Å²) >= 11 is 0. The van der Waals surface area contributed by atoms with E-state index in [9.17, 15) is 4.79 Å². The Morgan fingerprint density at radius 3 is 2.48 bits per heavy atom. The fourth-order valence-electron chi connectivity index (χ4n) is 2.52. The topological polar surface area (TPSA) is 50.7 Å². The molecule has 0 aliphatic rings. The minimum absolute atomic E-state index is 0.219. The van der Waals surface area contributed by atoms with E-state index in [1.54, 1.807) is 18.3 Å². The van der Waals surface area contributed by atoms with Gasteiger partial charge in [0.25, 0.3) is 5.91 Å². The van der Waals surface area contributed by atoms with E-state index in [0.29, 0.717) is 18.1 Å². The number of hydrazone groups is 1. The summed E-state index contributed by atoms with van der Waals surface area (Å²) in [6.07, 6.45) is 1.68. The van der Waals surface area contributed by atoms with Gasteiger partial charge in [-0.05, 0) is 67.6 Å². The van der Waals surface area contributed by atoms with Crippen molar-refractivity contribution in [3.8, 4) is 5.75 Å². The van der Waals surface area contributed by atoms with Crippen LogP contribution in [0, 0.1) is 13.8 Å². The smallest absolute Gasteiger partial charge is 0.271 e. The molecule has 0 aliphatic heterocycles. The van der Waals surface area contributed by atoms with Crippen LogP contribution in [0.4, 0.5) is 0 Å². The van der Waals surface area contributed by atoms with Gasteiger partial charge in [0.2, 0.25) is 0 Å². The lowest BCUT2D eigenvalue weighted by Crippen LogP contribution is -2.17. The van der Waals surface area contributed by atoms with Crippen molar-refractivity contribution in [3.05, 3.63) is 64.2 Å². The predicted molar refractivity (Wildman–Crippen MR) is 103 cm³/mol. The summed E-state index contributed by atoms with van der Waals surface area (Å²) in [7, 11) is 0. The molecule has 0 heterocycles. The number of amides is 1. The largest absolute Gasteiger partial charge is 0.494 e. The van der Waals surface area contributed by atoms with Gasteiger partial charge in [-0.2, -0.15) is 5.10 Å². The lowest BCUT2D eigenvalue weighted by Gasteiger charge is -2.15. The highest BCUT2D eigenvalue weighted by atomic mass is 16.5. The van der Waals surface area contributed by atoms with Crippen LogP contribution >= 0.6 is 0 Å². The van der Waals surface area contributed by atoms with Crippen molar-refractivity contribution in [2.75, 3.05) is 6.61 Å². The second kappa shape index (κ2) is 8.47. The van der Waals surface area contributed by atoms with E-state index >= 15 is 0 Å². The maximum atomic E-state index is 12.1. The molecular formula is C21H26N2O2. The van der Waals surface area contributed by atoms with Gasteiger partial charge in [0.15, 0.2) is 0 Å². The molecule has 4 nitrogen and oxygen atoms in total. The molecule has 25 heavy (non-hydrogen) atoms. The van der Waals surface area contributed by atoms with Gasteiger partial charge in [0.05, 0.1) is 12.8 Å². The Morgan fingerprint density at radius 1 is 1.20 bits per heavy atom. The molecule has 0 spiro atoms. The number of nitrogens with one attached hydrogen (secondary N) is 1. The number of ether oxygens (including phenoxy) is 1. The SMILES string of the molecule is CCOc1cc(C)c(/C=N\NC(=O)c2ccc(C)cc2)cc1C(C)C. The van der Waals surface area contributed by atoms with Gasteiger partial charge in [0.1, 0.15) is 5.75 Å². The molecule has 0 bridgehead atoms. The molecule has 0 radical (unpaired) electrons. The van der Waals surface area contributed by atoms with Crippen molar-refractivity contribution in [2.45, 2.75) is 40.5 Å². The molecule has 0 fully saturated rings. The number of benzene rings is 2. The lowest BCUT2D eigenvalue weighted by molar-refractivity contribution is 0.0955. The first-order chi connectivity index (χ1) is 11.9. The Bertz CT molecular complexity index is 762. The van der Waals surface area contributed by atoms with Crippen molar-refractivity contribution in [1.29, 1.82) is 0 Å². The van der Waals surface area contributed by atoms with Crippen molar-refractivity contribution in [3.63, 3.8) is 0 Å². The molecule has 4 heteroatoms. The van der Waals surface area contributed by atoms with Gasteiger partial charge in [-0.3, -0.25) is 4.79 Å². The van der Waals surface area contributed by atoms with Crippen LogP contribution in [-0.4, -0.2) is 18.7 Å². The molecule has 2 aromatic carbocycles. The number of carbonyl (C=O) groups is 1. The summed E-state index contributed by atoms with van der Waals surface area (Å²) in [6, 6.07) is 11.5. The summed E-state index contributed by atoms with van der Waals surface area (Å²) < 4.78 is 5.73. The minimum atomic E-state index is -0.219. The Kier molecular flexibility index (Phi) is 6.34. The van der Waals surface area contributed by atoms with E-state index in [0.717, 1.165) is 28.0 Å². The van der Waals surface area contributed by atoms with Crippen LogP contribution in [0.25, 0.3) is 0 Å². The Hall–Kier alpha value is -2.62. The van der Waals surface area contributed by atoms with E-state index in [-0.39, 0.29) is 5.91 Å². The van der Waals surface area contributed by atoms with Crippen LogP contribution in [0.5, 0.6) is 5.75 Å². The standard InChI is InChI=1S/C21H26N2O2/c1-6-25-20-11-16(5)18(12-19(20)14(2)3)13-22-23-21(24)17-9-7-15(4)8-10-17/h7-14H,6H2,1-5H3,(H,23,24)/b22-13-. The monoisotopic (exact) mass is 338 g/mol. The molecular weight excluding hydrogens is 312 g/mol. The fourth-order valence-corrected chi connectivity index (χ4v) is 2.52. The number of hydrogen-bond donors (Lipinski definition) is 1. The number of aryl methyl sites for hydroxylation is 2. The van der Waals surface area contributed by atoms with Crippen LogP contribution in [0.1, 0.15) is 59.3 Å². The number of carbonyl (C=O) groups excluding carboxylic acids is 1. The van der Waals surface area contributed by atoms with Gasteiger partial charge >= 0.3 is 0 Å². The zero-order valence-corrected chi connectivity index (χ0v) is 15.6. The van der Waals surface area contributed by atoms with Gasteiger partial charge in [-0.15, -0.1) is 0 Å². The van der Waals surface area contributed by atoms with Crippen molar-refractivity contribution in [2.24, 2.45) is 5.10 Å². The molecule has 2 aromatic rings. The molecule has 2 rings (SSSR count). The third-order valence-electron chi connectivity index (χ3n) is 4.00. The van der Waals surface area contributed by atoms with E-state index < -0.39 is 0 Å². The summed E-state index contributed by atoms with van der Waals surface area (Å²) in [5.74, 6) is 1.04. The Morgan fingerprint density at radius 2 is 1.88 bits per heavy atom. The van der Waals surface area contributed by atoms with Crippen LogP contribution in [0.2, 0.25) is 0 Å². The first-order valence-electron chi connectivity index (χ1n) is 8.59. The number of hydrogen-bond acceptors (Lipinski definition) is 3. The zero-order chi connectivity index (χ0) is 18.4. The quantitative estimate of drug-likeness (QED) is 0.618. The summed E-state index contributed by atoms with van der Waals surface area (Å²) in [4.78, 5) is 12.1. The third-order valence-corrected chi connectivity index (χ3v) is 4.00. The van der Waals surface area contributed by atoms with Crippen LogP contribution in [-0.2, 0) is 0 Å². The summed E-state index contributed by atoms with van der Waals surface area (Å²) in [5, 5.41) is 4.11. The van der Waals surface area contributed by atoms with Gasteiger partial charge in [-0.1, -0.05) is 31.5 Å². The van der Waals surface area contributed by atoms with Crippen LogP contribution in [0.15, 0.2) is 41.5 Å². The molecule has 0 aliphatic carbocycles. The number of rotatable bonds is 6. The average Bonchev–Trinajstić information content (AvgIpc) is 2.57. The second-order valence-corrected chi connectivity index (χ2v) is 6.40. The predicted octanol–water partition coefficient (Wildman–Crippen LogP) is 4.59. The number of nitrogens with zero attached hydrogens (tertiary/aromatic N) is 1. The summed E-state index contributed by atoms with van der Waals surface area (Å²) in [5.41, 5.74) is 7.45. The molecule has 0 saturated heterocycles. The molecule has 0 unspecified atom stereocenters. The third kappa shape index (κ3) is 4.92. The van der Waals surface area contributed by atoms with Crippen molar-refractivity contribution in [1.82, 2.24) is 5.43 Å². The van der Waals surface area contributed by atoms with E-state index in [1.165, 1.54) is 0 Å². The average molecular weight is 338 g/mol. The first-order valence-corrected chi connectivity index (χ1v) is 8.59. The van der Waals surface area contributed by atoms with Gasteiger partial charge in [0, 0.05) is 5.56 Å². The Labute approximate surface area is 149 Å². The summed E-state index contributed by atoms with van der Waals surface area (Å²) in [6.45, 7) is 10.9. The van der Waals surface area contributed by atoms with Crippen LogP contribution in [0.3, 0.4) is 0 Å². The maximum Gasteiger partial charge on any atom is 0.271 e. The van der Waals surface area contributed by atoms with Crippen LogP contribution < -0.4 is 10.2 Å². The zero-order valence-electron chi connectivity index (χ0n) is 15.6. The van der Waals surface area contributed by atoms with E-state index in [2.05, 4.69) is 30.4 Å². The Balaban J connectivity index is 2.16. The molecule has 132 valence electrons. The fraction of sp³-hybridized carbons (Fsp3) is 0.333.